The number of likely N-dealkylation sites (tertiary alicyclic amines) is 1. The minimum atomic E-state index is -4.22. The summed E-state index contributed by atoms with van der Waals surface area (Å²) in [4.78, 5) is 24.8. The molecule has 1 atom stereocenters. The van der Waals surface area contributed by atoms with Crippen molar-refractivity contribution in [1.82, 2.24) is 4.90 Å². The Kier molecular flexibility index (Phi) is 5.82. The third-order valence-corrected chi connectivity index (χ3v) is 3.93. The number of piperidine rings is 1. The lowest BCUT2D eigenvalue weighted by Crippen LogP contribution is -2.44. The van der Waals surface area contributed by atoms with E-state index in [1.165, 1.54) is 24.1 Å². The zero-order valence-corrected chi connectivity index (χ0v) is 13.2. The van der Waals surface area contributed by atoms with Gasteiger partial charge in [0.2, 0.25) is 5.91 Å². The van der Waals surface area contributed by atoms with E-state index in [0.717, 1.165) is 0 Å². The molecule has 8 heteroatoms. The van der Waals surface area contributed by atoms with E-state index in [0.29, 0.717) is 24.2 Å². The van der Waals surface area contributed by atoms with Crippen molar-refractivity contribution >= 4 is 17.6 Å². The topological polar surface area (TPSA) is 58.6 Å². The van der Waals surface area contributed by atoms with Crippen molar-refractivity contribution in [1.29, 1.82) is 0 Å². The first-order valence-corrected chi connectivity index (χ1v) is 7.57. The first kappa shape index (κ1) is 18.3. The van der Waals surface area contributed by atoms with Crippen LogP contribution in [0.4, 0.5) is 18.9 Å². The van der Waals surface area contributed by atoms with Crippen molar-refractivity contribution in [3.8, 4) is 0 Å². The van der Waals surface area contributed by atoms with Crippen LogP contribution in [0.15, 0.2) is 24.3 Å². The summed E-state index contributed by atoms with van der Waals surface area (Å²) in [5.41, 5.74) is 0.816. The zero-order valence-electron chi connectivity index (χ0n) is 13.2. The number of esters is 1. The number of rotatable bonds is 4. The van der Waals surface area contributed by atoms with Crippen molar-refractivity contribution in [2.24, 2.45) is 5.92 Å². The maximum absolute atomic E-state index is 12.8. The molecule has 1 fully saturated rings. The predicted molar refractivity (Wildman–Crippen MR) is 81.6 cm³/mol. The van der Waals surface area contributed by atoms with Gasteiger partial charge in [0, 0.05) is 12.2 Å². The molecule has 1 aromatic rings. The Hall–Kier alpha value is -2.09. The number of halogens is 3. The monoisotopic (exact) mass is 344 g/mol. The lowest BCUT2D eigenvalue weighted by molar-refractivity contribution is -0.186. The molecular formula is C16H19F3N2O3. The molecule has 1 unspecified atom stereocenters. The zero-order chi connectivity index (χ0) is 17.7. The van der Waals surface area contributed by atoms with Crippen molar-refractivity contribution in [3.63, 3.8) is 0 Å². The Morgan fingerprint density at radius 3 is 2.54 bits per heavy atom. The van der Waals surface area contributed by atoms with Crippen LogP contribution in [-0.2, 0) is 9.53 Å². The molecule has 24 heavy (non-hydrogen) atoms. The minimum Gasteiger partial charge on any atom is -0.465 e. The number of amides is 1. The van der Waals surface area contributed by atoms with Crippen LogP contribution >= 0.6 is 0 Å². The Bertz CT molecular complexity index is 587. The van der Waals surface area contributed by atoms with E-state index in [4.69, 9.17) is 0 Å². The summed E-state index contributed by atoms with van der Waals surface area (Å²) in [6.45, 7) is 0.227. The van der Waals surface area contributed by atoms with E-state index >= 15 is 0 Å². The fraction of sp³-hybridized carbons (Fsp3) is 0.500. The first-order chi connectivity index (χ1) is 11.3. The molecule has 1 aliphatic heterocycles. The fourth-order valence-electron chi connectivity index (χ4n) is 2.68. The van der Waals surface area contributed by atoms with Crippen LogP contribution < -0.4 is 5.32 Å². The molecule has 0 saturated carbocycles. The number of hydrogen-bond donors (Lipinski definition) is 1. The van der Waals surface area contributed by atoms with Gasteiger partial charge in [-0.15, -0.1) is 0 Å². The highest BCUT2D eigenvalue weighted by Gasteiger charge is 2.41. The van der Waals surface area contributed by atoms with Crippen molar-refractivity contribution in [2.75, 3.05) is 32.1 Å². The number of nitrogens with zero attached hydrogens (tertiary/aromatic N) is 1. The maximum Gasteiger partial charge on any atom is 0.393 e. The number of methoxy groups -OCH3 is 1. The van der Waals surface area contributed by atoms with Crippen molar-refractivity contribution in [3.05, 3.63) is 29.8 Å². The summed E-state index contributed by atoms with van der Waals surface area (Å²) < 4.78 is 42.9. The number of ether oxygens (including phenoxy) is 1. The van der Waals surface area contributed by atoms with Crippen molar-refractivity contribution in [2.45, 2.75) is 19.0 Å². The number of anilines is 1. The van der Waals surface area contributed by atoms with Crippen LogP contribution in [0.25, 0.3) is 0 Å². The van der Waals surface area contributed by atoms with Gasteiger partial charge in [0.25, 0.3) is 0 Å². The first-order valence-electron chi connectivity index (χ1n) is 7.57. The van der Waals surface area contributed by atoms with E-state index in [2.05, 4.69) is 10.1 Å². The van der Waals surface area contributed by atoms with Gasteiger partial charge in [0.05, 0.1) is 25.1 Å². The summed E-state index contributed by atoms with van der Waals surface area (Å²) in [5.74, 6) is -2.25. The number of nitrogens with one attached hydrogen (secondary N) is 1. The van der Waals surface area contributed by atoms with Gasteiger partial charge < -0.3 is 10.1 Å². The highest BCUT2D eigenvalue weighted by atomic mass is 19.4. The van der Waals surface area contributed by atoms with Crippen LogP contribution in [0.5, 0.6) is 0 Å². The molecule has 1 amide bonds. The molecule has 1 aliphatic rings. The van der Waals surface area contributed by atoms with Gasteiger partial charge in [0.1, 0.15) is 0 Å². The Morgan fingerprint density at radius 1 is 1.29 bits per heavy atom. The van der Waals surface area contributed by atoms with E-state index in [-0.39, 0.29) is 25.4 Å². The molecule has 0 radical (unpaired) electrons. The molecule has 1 N–H and O–H groups in total. The summed E-state index contributed by atoms with van der Waals surface area (Å²) in [7, 11) is 1.27. The SMILES string of the molecule is COC(=O)c1ccc(NC(=O)CN2CCCC(C(F)(F)F)C2)cc1. The van der Waals surface area contributed by atoms with Gasteiger partial charge in [-0.3, -0.25) is 9.69 Å². The molecule has 1 aromatic carbocycles. The maximum atomic E-state index is 12.8. The van der Waals surface area contributed by atoms with Gasteiger partial charge in [0.15, 0.2) is 0 Å². The van der Waals surface area contributed by atoms with Gasteiger partial charge in [-0.1, -0.05) is 0 Å². The molecule has 5 nitrogen and oxygen atoms in total. The normalized spacial score (nSPS) is 18.9. The van der Waals surface area contributed by atoms with Crippen LogP contribution in [0.3, 0.4) is 0 Å². The molecule has 0 spiro atoms. The van der Waals surface area contributed by atoms with Crippen molar-refractivity contribution < 1.29 is 27.5 Å². The number of carbonyl (C=O) groups excluding carboxylic acids is 2. The van der Waals surface area contributed by atoms with Gasteiger partial charge >= 0.3 is 12.1 Å². The second-order valence-corrected chi connectivity index (χ2v) is 5.73. The second kappa shape index (κ2) is 7.65. The standard InChI is InChI=1S/C16H19F3N2O3/c1-24-15(23)11-4-6-13(7-5-11)20-14(22)10-21-8-2-3-12(9-21)16(17,18)19/h4-7,12H,2-3,8-10H2,1H3,(H,20,22). The molecule has 1 heterocycles. The highest BCUT2D eigenvalue weighted by molar-refractivity contribution is 5.93. The smallest absolute Gasteiger partial charge is 0.393 e. The summed E-state index contributed by atoms with van der Waals surface area (Å²) in [5, 5.41) is 2.61. The van der Waals surface area contributed by atoms with Gasteiger partial charge in [-0.25, -0.2) is 4.79 Å². The molecule has 0 bridgehead atoms. The molecule has 0 aromatic heterocycles. The van der Waals surface area contributed by atoms with E-state index in [1.54, 1.807) is 12.1 Å². The average molecular weight is 344 g/mol. The number of benzene rings is 1. The number of alkyl halides is 3. The van der Waals surface area contributed by atoms with E-state index in [9.17, 15) is 22.8 Å². The van der Waals surface area contributed by atoms with E-state index in [1.807, 2.05) is 0 Å². The summed E-state index contributed by atoms with van der Waals surface area (Å²) >= 11 is 0. The Labute approximate surface area is 137 Å². The van der Waals surface area contributed by atoms with Crippen LogP contribution in [-0.4, -0.2) is 49.7 Å². The molecule has 1 saturated heterocycles. The van der Waals surface area contributed by atoms with Crippen LogP contribution in [0, 0.1) is 5.92 Å². The lowest BCUT2D eigenvalue weighted by atomic mass is 9.97. The summed E-state index contributed by atoms with van der Waals surface area (Å²) in [6, 6.07) is 6.09. The highest BCUT2D eigenvalue weighted by Crippen LogP contribution is 2.32. The van der Waals surface area contributed by atoms with E-state index < -0.39 is 18.1 Å². The largest absolute Gasteiger partial charge is 0.465 e. The molecule has 0 aliphatic carbocycles. The van der Waals surface area contributed by atoms with Crippen LogP contribution in [0.2, 0.25) is 0 Å². The predicted octanol–water partition coefficient (Wildman–Crippen LogP) is 2.69. The number of hydrogen-bond acceptors (Lipinski definition) is 4. The Morgan fingerprint density at radius 2 is 1.96 bits per heavy atom. The molecular weight excluding hydrogens is 325 g/mol. The average Bonchev–Trinajstić information content (AvgIpc) is 2.54. The third kappa shape index (κ3) is 4.95. The number of carbonyl (C=O) groups is 2. The molecule has 132 valence electrons. The minimum absolute atomic E-state index is 0.0919. The molecule has 2 rings (SSSR count). The third-order valence-electron chi connectivity index (χ3n) is 3.93. The quantitative estimate of drug-likeness (QED) is 0.853. The lowest BCUT2D eigenvalue weighted by Gasteiger charge is -2.33. The van der Waals surface area contributed by atoms with Crippen LogP contribution in [0.1, 0.15) is 23.2 Å². The van der Waals surface area contributed by atoms with Gasteiger partial charge in [-0.05, 0) is 43.7 Å². The summed E-state index contributed by atoms with van der Waals surface area (Å²) in [6.07, 6.45) is -3.69. The second-order valence-electron chi connectivity index (χ2n) is 5.73. The fourth-order valence-corrected chi connectivity index (χ4v) is 2.68. The van der Waals surface area contributed by atoms with Gasteiger partial charge in [-0.2, -0.15) is 13.2 Å². The Balaban J connectivity index is 1.87.